The topological polar surface area (TPSA) is 87.6 Å². The molecule has 1 aromatic heterocycles. The van der Waals surface area contributed by atoms with Crippen molar-refractivity contribution in [3.63, 3.8) is 0 Å². The third kappa shape index (κ3) is 4.43. The third-order valence-electron chi connectivity index (χ3n) is 5.07. The number of benzene rings is 2. The third-order valence-corrected chi connectivity index (χ3v) is 5.07. The maximum Gasteiger partial charge on any atom is 0.405 e. The molecule has 3 aromatic rings. The molecule has 10 heteroatoms. The van der Waals surface area contributed by atoms with Crippen LogP contribution in [0.1, 0.15) is 22.7 Å². The molecule has 0 saturated heterocycles. The number of halogens is 3. The van der Waals surface area contributed by atoms with Gasteiger partial charge in [0, 0.05) is 17.4 Å². The lowest BCUT2D eigenvalue weighted by Crippen LogP contribution is -2.40. The molecule has 1 amide bonds. The minimum absolute atomic E-state index is 0.0273. The van der Waals surface area contributed by atoms with Crippen LogP contribution in [0.4, 0.5) is 24.8 Å². The number of ether oxygens (including phenoxy) is 1. The van der Waals surface area contributed by atoms with E-state index in [4.69, 9.17) is 4.74 Å². The van der Waals surface area contributed by atoms with Gasteiger partial charge in [-0.1, -0.05) is 12.1 Å². The first-order valence-corrected chi connectivity index (χ1v) is 9.66. The zero-order chi connectivity index (χ0) is 22.9. The fourth-order valence-electron chi connectivity index (χ4n) is 3.53. The number of hydrogen-bond donors (Lipinski definition) is 2. The summed E-state index contributed by atoms with van der Waals surface area (Å²) in [5.41, 5.74) is 2.11. The first kappa shape index (κ1) is 21.4. The lowest BCUT2D eigenvalue weighted by atomic mass is 9.88. The number of carbonyl (C=O) groups is 1. The largest absolute Gasteiger partial charge is 0.508 e. The summed E-state index contributed by atoms with van der Waals surface area (Å²) in [4.78, 5) is 23.3. The lowest BCUT2D eigenvalue weighted by molar-refractivity contribution is -0.120. The molecule has 32 heavy (non-hydrogen) atoms. The molecule has 2 aromatic carbocycles. The zero-order valence-electron chi connectivity index (χ0n) is 16.9. The van der Waals surface area contributed by atoms with Crippen LogP contribution in [-0.2, 0) is 11.3 Å². The maximum absolute atomic E-state index is 13.5. The Hall–Kier alpha value is -3.82. The van der Waals surface area contributed by atoms with Gasteiger partial charge >= 0.3 is 6.18 Å². The number of rotatable bonds is 5. The first-order chi connectivity index (χ1) is 15.2. The van der Waals surface area contributed by atoms with Gasteiger partial charge in [-0.05, 0) is 42.0 Å². The van der Waals surface area contributed by atoms with E-state index in [1.807, 2.05) is 0 Å². The van der Waals surface area contributed by atoms with Crippen molar-refractivity contribution in [2.75, 3.05) is 23.9 Å². The molecule has 0 radical (unpaired) electrons. The summed E-state index contributed by atoms with van der Waals surface area (Å²) < 4.78 is 43.0. The van der Waals surface area contributed by atoms with Crippen LogP contribution in [-0.4, -0.2) is 40.8 Å². The Morgan fingerprint density at radius 3 is 2.47 bits per heavy atom. The molecule has 2 N–H and O–H groups in total. The minimum atomic E-state index is -4.43. The molecule has 1 atom stereocenters. The lowest BCUT2D eigenvalue weighted by Gasteiger charge is -2.33. The van der Waals surface area contributed by atoms with Gasteiger partial charge in [0.2, 0.25) is 11.9 Å². The van der Waals surface area contributed by atoms with Gasteiger partial charge in [-0.15, -0.1) is 0 Å². The number of aromatic nitrogens is 2. The number of phenols is 1. The molecular formula is C22H19F3N4O3. The summed E-state index contributed by atoms with van der Waals surface area (Å²) in [5.74, 6) is -0.725. The molecule has 0 spiro atoms. The Kier molecular flexibility index (Phi) is 5.60. The number of phenolic OH excluding ortho intramolecular Hbond substituents is 1. The molecule has 1 unspecified atom stereocenters. The fraction of sp³-hybridized carbons (Fsp3) is 0.227. The second kappa shape index (κ2) is 8.37. The summed E-state index contributed by atoms with van der Waals surface area (Å²) >= 11 is 0. The number of aromatic hydroxyl groups is 1. The molecule has 0 fully saturated rings. The monoisotopic (exact) mass is 444 g/mol. The van der Waals surface area contributed by atoms with Crippen molar-refractivity contribution >= 4 is 17.5 Å². The average molecular weight is 444 g/mol. The van der Waals surface area contributed by atoms with Gasteiger partial charge in [0.05, 0.1) is 19.3 Å². The number of hydrogen-bond acceptors (Lipinski definition) is 6. The van der Waals surface area contributed by atoms with E-state index < -0.39 is 18.6 Å². The van der Waals surface area contributed by atoms with Crippen molar-refractivity contribution in [1.82, 2.24) is 9.97 Å². The second-order valence-corrected chi connectivity index (χ2v) is 7.22. The van der Waals surface area contributed by atoms with E-state index in [0.717, 1.165) is 0 Å². The Balaban J connectivity index is 1.75. The smallest absolute Gasteiger partial charge is 0.405 e. The summed E-state index contributed by atoms with van der Waals surface area (Å²) in [6, 6.07) is 13.0. The van der Waals surface area contributed by atoms with E-state index in [1.165, 1.54) is 18.3 Å². The van der Waals surface area contributed by atoms with Crippen molar-refractivity contribution in [3.8, 4) is 11.5 Å². The molecule has 0 aliphatic carbocycles. The van der Waals surface area contributed by atoms with Crippen LogP contribution >= 0.6 is 0 Å². The van der Waals surface area contributed by atoms with E-state index in [0.29, 0.717) is 28.3 Å². The zero-order valence-corrected chi connectivity index (χ0v) is 16.9. The van der Waals surface area contributed by atoms with Crippen LogP contribution in [0, 0.1) is 0 Å². The van der Waals surface area contributed by atoms with Crippen molar-refractivity contribution in [2.24, 2.45) is 0 Å². The van der Waals surface area contributed by atoms with Gasteiger partial charge in [-0.2, -0.15) is 13.2 Å². The Bertz CT molecular complexity index is 1120. The Morgan fingerprint density at radius 2 is 1.84 bits per heavy atom. The van der Waals surface area contributed by atoms with Gasteiger partial charge in [0.25, 0.3) is 0 Å². The molecule has 4 rings (SSSR count). The normalized spacial score (nSPS) is 15.9. The highest BCUT2D eigenvalue weighted by Gasteiger charge is 2.37. The van der Waals surface area contributed by atoms with Gasteiger partial charge in [0.1, 0.15) is 24.0 Å². The van der Waals surface area contributed by atoms with Crippen LogP contribution in [0.15, 0.2) is 54.7 Å². The van der Waals surface area contributed by atoms with E-state index in [9.17, 15) is 23.1 Å². The van der Waals surface area contributed by atoms with Crippen molar-refractivity contribution in [2.45, 2.75) is 18.6 Å². The Morgan fingerprint density at radius 1 is 1.16 bits per heavy atom. The van der Waals surface area contributed by atoms with Crippen LogP contribution in [0.3, 0.4) is 0 Å². The number of anilines is 2. The molecule has 2 heterocycles. The predicted molar refractivity (Wildman–Crippen MR) is 111 cm³/mol. The number of carbonyl (C=O) groups excluding carboxylic acids is 1. The number of nitrogens with zero attached hydrogens (tertiary/aromatic N) is 3. The summed E-state index contributed by atoms with van der Waals surface area (Å²) in [7, 11) is 1.54. The highest BCUT2D eigenvalue weighted by Crippen LogP contribution is 2.37. The standard InChI is InChI=1S/C22H19F3N4O3/c1-32-17-8-4-15(5-9-17)29-11-14-10-26-21(27-12-22(23,24)25)28-19(14)18(20(29)31)13-2-6-16(30)7-3-13/h2-10,18,30H,11-12H2,1H3,(H,26,27,28). The molecule has 1 aliphatic rings. The number of fused-ring (bicyclic) bond motifs is 1. The Labute approximate surface area is 181 Å². The van der Waals surface area contributed by atoms with Gasteiger partial charge in [0.15, 0.2) is 0 Å². The van der Waals surface area contributed by atoms with E-state index in [2.05, 4.69) is 15.3 Å². The van der Waals surface area contributed by atoms with Crippen molar-refractivity contribution in [3.05, 3.63) is 71.5 Å². The number of alkyl halides is 3. The van der Waals surface area contributed by atoms with E-state index in [1.54, 1.807) is 48.4 Å². The van der Waals surface area contributed by atoms with Crippen LogP contribution in [0.5, 0.6) is 11.5 Å². The summed E-state index contributed by atoms with van der Waals surface area (Å²) in [5, 5.41) is 11.8. The molecule has 1 aliphatic heterocycles. The SMILES string of the molecule is COc1ccc(N2Cc3cnc(NCC(F)(F)F)nc3C(c3ccc(O)cc3)C2=O)cc1. The van der Waals surface area contributed by atoms with Gasteiger partial charge in [-0.25, -0.2) is 9.97 Å². The highest BCUT2D eigenvalue weighted by atomic mass is 19.4. The summed E-state index contributed by atoms with van der Waals surface area (Å²) in [6.07, 6.45) is -3.01. The van der Waals surface area contributed by atoms with Gasteiger partial charge < -0.3 is 20.1 Å². The minimum Gasteiger partial charge on any atom is -0.508 e. The van der Waals surface area contributed by atoms with E-state index >= 15 is 0 Å². The van der Waals surface area contributed by atoms with Crippen LogP contribution < -0.4 is 15.0 Å². The highest BCUT2D eigenvalue weighted by molar-refractivity contribution is 6.01. The predicted octanol–water partition coefficient (Wildman–Crippen LogP) is 3.84. The first-order valence-electron chi connectivity index (χ1n) is 9.66. The number of nitrogens with one attached hydrogen (secondary N) is 1. The van der Waals surface area contributed by atoms with Crippen molar-refractivity contribution < 1.29 is 27.8 Å². The number of amides is 1. The van der Waals surface area contributed by atoms with Crippen molar-refractivity contribution in [1.29, 1.82) is 0 Å². The van der Waals surface area contributed by atoms with Crippen LogP contribution in [0.2, 0.25) is 0 Å². The van der Waals surface area contributed by atoms with Gasteiger partial charge in [-0.3, -0.25) is 4.79 Å². The average Bonchev–Trinajstić information content (AvgIpc) is 2.78. The molecule has 7 nitrogen and oxygen atoms in total. The quantitative estimate of drug-likeness (QED) is 0.622. The number of methoxy groups -OCH3 is 1. The maximum atomic E-state index is 13.5. The molecule has 0 bridgehead atoms. The fourth-order valence-corrected chi connectivity index (χ4v) is 3.53. The molecule has 0 saturated carbocycles. The molecular weight excluding hydrogens is 425 g/mol. The molecule has 166 valence electrons. The van der Waals surface area contributed by atoms with Crippen LogP contribution in [0.25, 0.3) is 0 Å². The summed E-state index contributed by atoms with van der Waals surface area (Å²) in [6.45, 7) is -1.13. The van der Waals surface area contributed by atoms with E-state index in [-0.39, 0.29) is 24.1 Å². The second-order valence-electron chi connectivity index (χ2n) is 7.22.